The highest BCUT2D eigenvalue weighted by Crippen LogP contribution is 2.42. The zero-order valence-electron chi connectivity index (χ0n) is 41.0. The van der Waals surface area contributed by atoms with Crippen LogP contribution in [0, 0.1) is 11.6 Å². The minimum absolute atomic E-state index is 0.00535. The van der Waals surface area contributed by atoms with Crippen molar-refractivity contribution >= 4 is 75.9 Å². The number of anilines is 4. The maximum absolute atomic E-state index is 14.5. The van der Waals surface area contributed by atoms with Crippen LogP contribution < -0.4 is 30.2 Å². The molecule has 16 nitrogen and oxygen atoms in total. The summed E-state index contributed by atoms with van der Waals surface area (Å²) in [5.41, 5.74) is 0.496. The maximum Gasteiger partial charge on any atom is 0.252 e. The van der Waals surface area contributed by atoms with Gasteiger partial charge in [0, 0.05) is 114 Å². The second-order valence-corrected chi connectivity index (χ2v) is 20.0. The monoisotopic (exact) mass is 1120 g/mol. The molecule has 0 spiro atoms. The topological polar surface area (TPSA) is 194 Å². The average molecular weight is 1120 g/mol. The minimum atomic E-state index is -2.89. The molecule has 0 radical (unpaired) electrons. The molecular formula is C54H48Cl2F6N10O6. The zero-order chi connectivity index (χ0) is 55.5. The molecule has 6 aromatic rings. The van der Waals surface area contributed by atoms with Crippen molar-refractivity contribution in [1.82, 2.24) is 30.6 Å². The number of aliphatic hydroxyl groups excluding tert-OH is 1. The zero-order valence-corrected chi connectivity index (χ0v) is 42.5. The molecule has 5 atom stereocenters. The Bertz CT molecular complexity index is 3180. The fourth-order valence-corrected chi connectivity index (χ4v) is 10.4. The second kappa shape index (κ2) is 23.1. The smallest absolute Gasteiger partial charge is 0.252 e. The van der Waals surface area contributed by atoms with Gasteiger partial charge in [0.2, 0.25) is 23.7 Å². The Morgan fingerprint density at radius 2 is 1.03 bits per heavy atom. The molecule has 4 fully saturated rings. The maximum atomic E-state index is 14.5. The average Bonchev–Trinajstić information content (AvgIpc) is 4.04. The van der Waals surface area contributed by atoms with Crippen LogP contribution in [-0.4, -0.2) is 110 Å². The number of aliphatic hydroxyl groups is 1. The number of benzene rings is 4. The summed E-state index contributed by atoms with van der Waals surface area (Å²) in [6, 6.07) is 19.4. The quantitative estimate of drug-likeness (QED) is 0.0892. The summed E-state index contributed by atoms with van der Waals surface area (Å²) in [6.07, 6.45) is 2.66. The van der Waals surface area contributed by atoms with E-state index in [2.05, 4.69) is 30.6 Å². The third-order valence-electron chi connectivity index (χ3n) is 13.5. The molecule has 78 heavy (non-hydrogen) atoms. The Morgan fingerprint density at radius 3 is 1.45 bits per heavy atom. The predicted molar refractivity (Wildman–Crippen MR) is 275 cm³/mol. The van der Waals surface area contributed by atoms with Crippen molar-refractivity contribution in [3.8, 4) is 0 Å². The Morgan fingerprint density at radius 1 is 0.603 bits per heavy atom. The van der Waals surface area contributed by atoms with Crippen molar-refractivity contribution in [2.75, 3.05) is 32.7 Å². The SMILES string of the molecule is O=C(NC1CC(F)(F)C1)[C@H](c1ccccc1Cl)N(C(=O)[C@@H]1C[C@@H](O)CN1c1ncccn1)c1cccc(F)c1.O=C1C[C@@H](C(=O)N(c2cccc(F)c2)[C@H](C(=O)NC2CC(F)(F)C2)c2ccccc2Cl)N(c2ncccn2)C1. The molecule has 2 saturated carbocycles. The molecule has 4 heterocycles. The predicted octanol–water partition coefficient (Wildman–Crippen LogP) is 8.00. The first-order chi connectivity index (χ1) is 37.3. The molecule has 0 unspecified atom stereocenters. The lowest BCUT2D eigenvalue weighted by Crippen LogP contribution is -2.56. The highest BCUT2D eigenvalue weighted by atomic mass is 35.5. The van der Waals surface area contributed by atoms with E-state index in [1.54, 1.807) is 42.5 Å². The lowest BCUT2D eigenvalue weighted by Gasteiger charge is -2.39. The number of nitrogens with one attached hydrogen (secondary N) is 2. The van der Waals surface area contributed by atoms with Crippen molar-refractivity contribution in [2.24, 2.45) is 0 Å². The van der Waals surface area contributed by atoms with Crippen molar-refractivity contribution in [1.29, 1.82) is 0 Å². The van der Waals surface area contributed by atoms with Crippen LogP contribution in [0.3, 0.4) is 0 Å². The van der Waals surface area contributed by atoms with Gasteiger partial charge in [-0.05, 0) is 60.7 Å². The molecule has 2 aliphatic heterocycles. The van der Waals surface area contributed by atoms with Gasteiger partial charge in [-0.2, -0.15) is 0 Å². The Balaban J connectivity index is 0.000000190. The molecular weight excluding hydrogens is 1070 g/mol. The number of ketones is 1. The molecule has 4 amide bonds. The summed E-state index contributed by atoms with van der Waals surface area (Å²) in [5.74, 6) is -9.90. The van der Waals surface area contributed by atoms with Gasteiger partial charge >= 0.3 is 0 Å². The summed E-state index contributed by atoms with van der Waals surface area (Å²) >= 11 is 13.0. The standard InChI is InChI=1S/C27H25ClF3N5O3.C27H23ClF3N5O3/c2*28-21-8-2-1-7-20(21)23(24(38)34-17-13-27(30,31)14-17)36(18-6-3-5-16(29)11-18)25(39)22-12-19(37)15-35(22)26-32-9-4-10-33-26/h1-11,17,19,22-23,37H,12-15H2,(H,34,38);1-11,17,22-23H,12-15H2,(H,34,38)/t19-,22+,23+;22-,23-/m10/s1. The van der Waals surface area contributed by atoms with E-state index in [0.29, 0.717) is 0 Å². The van der Waals surface area contributed by atoms with E-state index >= 15 is 0 Å². The van der Waals surface area contributed by atoms with Gasteiger partial charge in [-0.25, -0.2) is 46.3 Å². The molecule has 24 heteroatoms. The van der Waals surface area contributed by atoms with Gasteiger partial charge in [-0.3, -0.25) is 33.8 Å². The van der Waals surface area contributed by atoms with Crippen LogP contribution in [-0.2, 0) is 24.0 Å². The molecule has 406 valence electrons. The van der Waals surface area contributed by atoms with Gasteiger partial charge in [0.1, 0.15) is 35.8 Å². The molecule has 4 aliphatic rings. The number of aromatic nitrogens is 4. The van der Waals surface area contributed by atoms with Gasteiger partial charge in [0.25, 0.3) is 23.7 Å². The summed E-state index contributed by atoms with van der Waals surface area (Å²) in [5, 5.41) is 16.0. The molecule has 4 aromatic carbocycles. The second-order valence-electron chi connectivity index (χ2n) is 19.2. The number of nitrogens with zero attached hydrogens (tertiary/aromatic N) is 8. The summed E-state index contributed by atoms with van der Waals surface area (Å²) < 4.78 is 83.1. The largest absolute Gasteiger partial charge is 0.391 e. The molecule has 10 rings (SSSR count). The number of Topliss-reactive ketones (excluding diaryl/α,β-unsaturated/α-hetero) is 1. The van der Waals surface area contributed by atoms with Crippen LogP contribution in [0.1, 0.15) is 61.7 Å². The lowest BCUT2D eigenvalue weighted by molar-refractivity contribution is -0.133. The Kier molecular flexibility index (Phi) is 16.3. The number of rotatable bonds is 14. The molecule has 2 aliphatic carbocycles. The number of carbonyl (C=O) groups excluding carboxylic acids is 5. The summed E-state index contributed by atoms with van der Waals surface area (Å²) in [4.78, 5) is 90.5. The first kappa shape index (κ1) is 55.1. The van der Waals surface area contributed by atoms with Gasteiger partial charge < -0.3 is 25.5 Å². The van der Waals surface area contributed by atoms with E-state index in [4.69, 9.17) is 23.2 Å². The first-order valence-electron chi connectivity index (χ1n) is 24.6. The Labute approximate surface area is 452 Å². The van der Waals surface area contributed by atoms with E-state index in [1.807, 2.05) is 0 Å². The number of alkyl halides is 4. The first-order valence-corrected chi connectivity index (χ1v) is 25.3. The number of hydrogen-bond acceptors (Lipinski definition) is 12. The number of carbonyl (C=O) groups is 5. The molecule has 3 N–H and O–H groups in total. The van der Waals surface area contributed by atoms with Crippen molar-refractivity contribution in [2.45, 2.75) is 92.7 Å². The third-order valence-corrected chi connectivity index (χ3v) is 14.2. The van der Waals surface area contributed by atoms with Crippen LogP contribution >= 0.6 is 23.2 Å². The molecule has 2 saturated heterocycles. The van der Waals surface area contributed by atoms with Gasteiger partial charge in [-0.1, -0.05) is 71.7 Å². The third kappa shape index (κ3) is 12.3. The van der Waals surface area contributed by atoms with Crippen LogP contribution in [0.2, 0.25) is 10.0 Å². The number of amides is 4. The summed E-state index contributed by atoms with van der Waals surface area (Å²) in [6.45, 7) is -0.0882. The van der Waals surface area contributed by atoms with Crippen LogP contribution in [0.25, 0.3) is 0 Å². The van der Waals surface area contributed by atoms with Crippen LogP contribution in [0.5, 0.6) is 0 Å². The van der Waals surface area contributed by atoms with Crippen LogP contribution in [0.4, 0.5) is 49.6 Å². The normalized spacial score (nSPS) is 20.3. The van der Waals surface area contributed by atoms with E-state index in [-0.39, 0.29) is 76.2 Å². The van der Waals surface area contributed by atoms with Gasteiger partial charge in [0.05, 0.1) is 12.6 Å². The molecule has 2 aromatic heterocycles. The van der Waals surface area contributed by atoms with Crippen molar-refractivity contribution < 1.29 is 55.4 Å². The lowest BCUT2D eigenvalue weighted by atomic mass is 9.87. The fourth-order valence-electron chi connectivity index (χ4n) is 9.93. The highest BCUT2D eigenvalue weighted by molar-refractivity contribution is 6.32. The minimum Gasteiger partial charge on any atom is -0.391 e. The van der Waals surface area contributed by atoms with E-state index in [0.717, 1.165) is 21.9 Å². The summed E-state index contributed by atoms with van der Waals surface area (Å²) in [7, 11) is 0. The van der Waals surface area contributed by atoms with Gasteiger partial charge in [0.15, 0.2) is 5.78 Å². The van der Waals surface area contributed by atoms with E-state index < -0.39 is 115 Å². The van der Waals surface area contributed by atoms with Crippen molar-refractivity contribution in [3.05, 3.63) is 167 Å². The molecule has 0 bridgehead atoms. The highest BCUT2D eigenvalue weighted by Gasteiger charge is 2.51. The van der Waals surface area contributed by atoms with E-state index in [1.165, 1.54) is 89.2 Å². The fraction of sp³-hybridized carbons (Fsp3) is 0.315. The van der Waals surface area contributed by atoms with Crippen LogP contribution in [0.15, 0.2) is 134 Å². The number of halogens is 8. The van der Waals surface area contributed by atoms with Gasteiger partial charge in [-0.15, -0.1) is 0 Å². The number of hydrogen-bond donors (Lipinski definition) is 3. The van der Waals surface area contributed by atoms with E-state index in [9.17, 15) is 55.4 Å². The Hall–Kier alpha value is -7.69. The number of β-amino-alcohol motifs (C(OH)–C–C–N with tert-alkyl or cyclic N) is 1. The van der Waals surface area contributed by atoms with Crippen molar-refractivity contribution in [3.63, 3.8) is 0 Å².